The molecule has 0 saturated heterocycles. The van der Waals surface area contributed by atoms with Crippen molar-refractivity contribution in [3.63, 3.8) is 0 Å². The highest BCUT2D eigenvalue weighted by atomic mass is 35.5. The Morgan fingerprint density at radius 3 is 2.27 bits per heavy atom. The van der Waals surface area contributed by atoms with Gasteiger partial charge in [0.05, 0.1) is 6.04 Å². The molecule has 0 bridgehead atoms. The topological polar surface area (TPSA) is 55.6 Å². The molecule has 0 heterocycles. The van der Waals surface area contributed by atoms with Gasteiger partial charge in [0, 0.05) is 13.6 Å². The minimum absolute atomic E-state index is 0. The Hall–Kier alpha value is -1.40. The summed E-state index contributed by atoms with van der Waals surface area (Å²) < 4.78 is 28.4. The molecular formula is C15H23ClF2N2O2. The van der Waals surface area contributed by atoms with Gasteiger partial charge in [-0.2, -0.15) is 8.78 Å². The number of nitrogens with two attached hydrogens (primary N) is 1. The molecule has 0 saturated carbocycles. The van der Waals surface area contributed by atoms with Crippen LogP contribution in [0.5, 0.6) is 5.75 Å². The van der Waals surface area contributed by atoms with Gasteiger partial charge in [-0.25, -0.2) is 0 Å². The second kappa shape index (κ2) is 9.58. The number of nitrogens with zero attached hydrogens (tertiary/aromatic N) is 1. The van der Waals surface area contributed by atoms with Crippen LogP contribution >= 0.6 is 12.4 Å². The fourth-order valence-electron chi connectivity index (χ4n) is 2.02. The third-order valence-electron chi connectivity index (χ3n) is 2.99. The van der Waals surface area contributed by atoms with Gasteiger partial charge in [0.1, 0.15) is 5.75 Å². The fourth-order valence-corrected chi connectivity index (χ4v) is 2.02. The molecule has 0 aliphatic carbocycles. The summed E-state index contributed by atoms with van der Waals surface area (Å²) in [6.45, 7) is 1.55. The van der Waals surface area contributed by atoms with E-state index in [-0.39, 0.29) is 24.1 Å². The van der Waals surface area contributed by atoms with Crippen molar-refractivity contribution in [2.75, 3.05) is 7.05 Å². The van der Waals surface area contributed by atoms with Crippen molar-refractivity contribution < 1.29 is 18.3 Å². The summed E-state index contributed by atoms with van der Waals surface area (Å²) in [4.78, 5) is 13.6. The van der Waals surface area contributed by atoms with Crippen molar-refractivity contribution in [1.29, 1.82) is 0 Å². The number of hydrogen-bond acceptors (Lipinski definition) is 3. The average molecular weight is 337 g/mol. The van der Waals surface area contributed by atoms with E-state index in [1.807, 2.05) is 13.8 Å². The van der Waals surface area contributed by atoms with Crippen LogP contribution in [0.4, 0.5) is 8.78 Å². The monoisotopic (exact) mass is 336 g/mol. The summed E-state index contributed by atoms with van der Waals surface area (Å²) >= 11 is 0. The predicted molar refractivity (Wildman–Crippen MR) is 84.2 cm³/mol. The first-order valence-electron chi connectivity index (χ1n) is 6.84. The van der Waals surface area contributed by atoms with Crippen LogP contribution in [0.15, 0.2) is 24.3 Å². The number of carbonyl (C=O) groups is 1. The summed E-state index contributed by atoms with van der Waals surface area (Å²) in [6, 6.07) is 5.68. The lowest BCUT2D eigenvalue weighted by molar-refractivity contribution is -0.132. The first-order valence-corrected chi connectivity index (χ1v) is 6.84. The van der Waals surface area contributed by atoms with Crippen LogP contribution in [0.25, 0.3) is 0 Å². The highest BCUT2D eigenvalue weighted by Gasteiger charge is 2.19. The van der Waals surface area contributed by atoms with Crippen LogP contribution in [-0.4, -0.2) is 30.5 Å². The third kappa shape index (κ3) is 7.04. The van der Waals surface area contributed by atoms with Crippen LogP contribution in [0.2, 0.25) is 0 Å². The van der Waals surface area contributed by atoms with Gasteiger partial charge in [-0.3, -0.25) is 4.79 Å². The largest absolute Gasteiger partial charge is 0.435 e. The highest BCUT2D eigenvalue weighted by molar-refractivity contribution is 5.85. The van der Waals surface area contributed by atoms with Gasteiger partial charge < -0.3 is 15.4 Å². The van der Waals surface area contributed by atoms with Gasteiger partial charge in [-0.05, 0) is 30.0 Å². The van der Waals surface area contributed by atoms with Crippen LogP contribution in [0.1, 0.15) is 25.8 Å². The van der Waals surface area contributed by atoms with Crippen LogP contribution in [0, 0.1) is 5.92 Å². The van der Waals surface area contributed by atoms with Crippen LogP contribution in [-0.2, 0) is 11.3 Å². The Balaban J connectivity index is 0.00000441. The Morgan fingerprint density at radius 1 is 1.27 bits per heavy atom. The van der Waals surface area contributed by atoms with Gasteiger partial charge >= 0.3 is 6.61 Å². The zero-order valence-corrected chi connectivity index (χ0v) is 13.8. The number of ether oxygens (including phenoxy) is 1. The SMILES string of the molecule is CC(C)C[C@H](N)C(=O)N(C)Cc1ccc(OC(F)F)cc1.Cl. The molecule has 1 aromatic rings. The van der Waals surface area contributed by atoms with Crippen molar-refractivity contribution >= 4 is 18.3 Å². The summed E-state index contributed by atoms with van der Waals surface area (Å²) in [5, 5.41) is 0. The normalized spacial score (nSPS) is 12.0. The molecule has 1 aromatic carbocycles. The summed E-state index contributed by atoms with van der Waals surface area (Å²) in [5.74, 6) is 0.318. The summed E-state index contributed by atoms with van der Waals surface area (Å²) in [6.07, 6.45) is 0.629. The van der Waals surface area contributed by atoms with E-state index in [2.05, 4.69) is 4.74 Å². The van der Waals surface area contributed by atoms with Crippen molar-refractivity contribution in [1.82, 2.24) is 4.90 Å². The zero-order valence-electron chi connectivity index (χ0n) is 13.0. The number of amides is 1. The van der Waals surface area contributed by atoms with Crippen LogP contribution in [0.3, 0.4) is 0 Å². The van der Waals surface area contributed by atoms with Gasteiger partial charge in [-0.1, -0.05) is 26.0 Å². The third-order valence-corrected chi connectivity index (χ3v) is 2.99. The number of likely N-dealkylation sites (N-methyl/N-ethyl adjacent to an activating group) is 1. The molecule has 0 aliphatic heterocycles. The van der Waals surface area contributed by atoms with E-state index < -0.39 is 12.7 Å². The molecular weight excluding hydrogens is 314 g/mol. The second-order valence-electron chi connectivity index (χ2n) is 5.45. The van der Waals surface area contributed by atoms with Crippen molar-refractivity contribution in [2.45, 2.75) is 39.5 Å². The number of halogens is 3. The molecule has 2 N–H and O–H groups in total. The van der Waals surface area contributed by atoms with E-state index in [1.165, 1.54) is 17.0 Å². The van der Waals surface area contributed by atoms with Gasteiger partial charge in [0.15, 0.2) is 0 Å². The summed E-state index contributed by atoms with van der Waals surface area (Å²) in [5.41, 5.74) is 6.68. The van der Waals surface area contributed by atoms with E-state index in [1.54, 1.807) is 19.2 Å². The second-order valence-corrected chi connectivity index (χ2v) is 5.45. The quantitative estimate of drug-likeness (QED) is 0.832. The zero-order chi connectivity index (χ0) is 16.0. The maximum Gasteiger partial charge on any atom is 0.387 e. The molecule has 0 radical (unpaired) electrons. The van der Waals surface area contributed by atoms with Crippen molar-refractivity contribution in [3.8, 4) is 5.75 Å². The first kappa shape index (κ1) is 20.6. The fraction of sp³-hybridized carbons (Fsp3) is 0.533. The molecule has 0 aromatic heterocycles. The Morgan fingerprint density at radius 2 is 1.82 bits per heavy atom. The maximum absolute atomic E-state index is 12.1. The standard InChI is InChI=1S/C15H22F2N2O2.ClH/c1-10(2)8-13(18)14(20)19(3)9-11-4-6-12(7-5-11)21-15(16)17;/h4-7,10,13,15H,8-9,18H2,1-3H3;1H/t13-;/m0./s1. The molecule has 0 fully saturated rings. The Labute approximate surface area is 136 Å². The molecule has 126 valence electrons. The van der Waals surface area contributed by atoms with E-state index in [9.17, 15) is 13.6 Å². The van der Waals surface area contributed by atoms with E-state index >= 15 is 0 Å². The van der Waals surface area contributed by atoms with E-state index in [0.717, 1.165) is 5.56 Å². The lowest BCUT2D eigenvalue weighted by atomic mass is 10.0. The van der Waals surface area contributed by atoms with Gasteiger partial charge in [0.25, 0.3) is 0 Å². The predicted octanol–water partition coefficient (Wildman–Crippen LogP) is 3.04. The number of rotatable bonds is 7. The van der Waals surface area contributed by atoms with Gasteiger partial charge in [-0.15, -0.1) is 12.4 Å². The number of alkyl halides is 2. The number of benzene rings is 1. The molecule has 22 heavy (non-hydrogen) atoms. The minimum atomic E-state index is -2.84. The van der Waals surface area contributed by atoms with Crippen molar-refractivity contribution in [2.24, 2.45) is 11.7 Å². The lowest BCUT2D eigenvalue weighted by Crippen LogP contribution is -2.42. The molecule has 0 unspecified atom stereocenters. The molecule has 7 heteroatoms. The van der Waals surface area contributed by atoms with E-state index in [4.69, 9.17) is 5.73 Å². The highest BCUT2D eigenvalue weighted by Crippen LogP contribution is 2.16. The molecule has 1 rings (SSSR count). The number of carbonyl (C=O) groups excluding carboxylic acids is 1. The Kier molecular flexibility index (Phi) is 8.97. The molecule has 0 aliphatic rings. The minimum Gasteiger partial charge on any atom is -0.435 e. The smallest absolute Gasteiger partial charge is 0.387 e. The first-order chi connectivity index (χ1) is 9.79. The average Bonchev–Trinajstić information content (AvgIpc) is 2.38. The molecule has 4 nitrogen and oxygen atoms in total. The maximum atomic E-state index is 12.1. The van der Waals surface area contributed by atoms with Crippen LogP contribution < -0.4 is 10.5 Å². The molecule has 1 amide bonds. The Bertz CT molecular complexity index is 455. The van der Waals surface area contributed by atoms with Gasteiger partial charge in [0.2, 0.25) is 5.91 Å². The van der Waals surface area contributed by atoms with E-state index in [0.29, 0.717) is 18.9 Å². The molecule has 0 spiro atoms. The number of hydrogen-bond donors (Lipinski definition) is 1. The molecule has 1 atom stereocenters. The van der Waals surface area contributed by atoms with Crippen molar-refractivity contribution in [3.05, 3.63) is 29.8 Å². The summed E-state index contributed by atoms with van der Waals surface area (Å²) in [7, 11) is 1.67. The lowest BCUT2D eigenvalue weighted by Gasteiger charge is -2.22.